The quantitative estimate of drug-likeness (QED) is 0.846. The van der Waals surface area contributed by atoms with Crippen molar-refractivity contribution in [2.24, 2.45) is 5.73 Å². The smallest absolute Gasteiger partial charge is 0.0522 e. The molecule has 2 rings (SSSR count). The second-order valence-corrected chi connectivity index (χ2v) is 4.88. The van der Waals surface area contributed by atoms with E-state index in [1.165, 1.54) is 11.1 Å². The lowest BCUT2D eigenvalue weighted by molar-refractivity contribution is 0.578. The van der Waals surface area contributed by atoms with E-state index in [1.807, 2.05) is 17.8 Å². The van der Waals surface area contributed by atoms with E-state index in [1.54, 1.807) is 0 Å². The van der Waals surface area contributed by atoms with Crippen LogP contribution in [0.15, 0.2) is 42.7 Å². The van der Waals surface area contributed by atoms with Crippen LogP contribution >= 0.6 is 0 Å². The van der Waals surface area contributed by atoms with Crippen molar-refractivity contribution < 1.29 is 0 Å². The summed E-state index contributed by atoms with van der Waals surface area (Å²) in [7, 11) is 0. The number of rotatable bonds is 6. The zero-order valence-corrected chi connectivity index (χ0v) is 10.9. The average Bonchev–Trinajstić information content (AvgIpc) is 2.77. The molecule has 0 aliphatic carbocycles. The molecule has 0 radical (unpaired) electrons. The van der Waals surface area contributed by atoms with Crippen LogP contribution in [0.1, 0.15) is 24.5 Å². The Morgan fingerprint density at radius 2 is 2.00 bits per heavy atom. The van der Waals surface area contributed by atoms with E-state index in [9.17, 15) is 0 Å². The first-order chi connectivity index (χ1) is 8.74. The fraction of sp³-hybridized carbons (Fsp3) is 0.400. The molecule has 0 saturated carbocycles. The van der Waals surface area contributed by atoms with E-state index >= 15 is 0 Å². The van der Waals surface area contributed by atoms with Gasteiger partial charge in [-0.3, -0.25) is 4.68 Å². The van der Waals surface area contributed by atoms with Crippen LogP contribution in [0, 0.1) is 0 Å². The Hall–Kier alpha value is -1.61. The molecule has 0 fully saturated rings. The number of benzene rings is 1. The van der Waals surface area contributed by atoms with Crippen LogP contribution in [-0.2, 0) is 19.4 Å². The van der Waals surface area contributed by atoms with Gasteiger partial charge in [0.15, 0.2) is 0 Å². The van der Waals surface area contributed by atoms with Gasteiger partial charge in [-0.05, 0) is 37.3 Å². The first-order valence-corrected chi connectivity index (χ1v) is 6.55. The zero-order chi connectivity index (χ0) is 12.8. The molecule has 96 valence electrons. The minimum atomic E-state index is 0.201. The fourth-order valence-corrected chi connectivity index (χ4v) is 2.10. The lowest BCUT2D eigenvalue weighted by Crippen LogP contribution is -2.17. The van der Waals surface area contributed by atoms with Crippen LogP contribution in [0.5, 0.6) is 0 Å². The van der Waals surface area contributed by atoms with Crippen LogP contribution < -0.4 is 5.73 Å². The van der Waals surface area contributed by atoms with E-state index < -0.39 is 0 Å². The molecule has 3 nitrogen and oxygen atoms in total. The van der Waals surface area contributed by atoms with Gasteiger partial charge >= 0.3 is 0 Å². The molecule has 0 aliphatic heterocycles. The molecule has 1 aromatic carbocycles. The third kappa shape index (κ3) is 4.00. The van der Waals surface area contributed by atoms with E-state index in [-0.39, 0.29) is 6.04 Å². The van der Waals surface area contributed by atoms with Gasteiger partial charge in [0.1, 0.15) is 0 Å². The molecule has 3 heteroatoms. The SMILES string of the molecule is CC(N)Cc1cnn(CCCc2ccccc2)c1. The van der Waals surface area contributed by atoms with Gasteiger partial charge in [0.25, 0.3) is 0 Å². The molecular weight excluding hydrogens is 222 g/mol. The van der Waals surface area contributed by atoms with Crippen molar-refractivity contribution in [3.8, 4) is 0 Å². The first-order valence-electron chi connectivity index (χ1n) is 6.55. The van der Waals surface area contributed by atoms with Crippen LogP contribution in [0.3, 0.4) is 0 Å². The number of hydrogen-bond acceptors (Lipinski definition) is 2. The standard InChI is InChI=1S/C15H21N3/c1-13(16)10-15-11-17-18(12-15)9-5-8-14-6-3-2-4-7-14/h2-4,6-7,11-13H,5,8-10,16H2,1H3. The van der Waals surface area contributed by atoms with Gasteiger partial charge in [-0.15, -0.1) is 0 Å². The average molecular weight is 243 g/mol. The van der Waals surface area contributed by atoms with E-state index in [2.05, 4.69) is 41.6 Å². The maximum absolute atomic E-state index is 5.77. The number of aromatic nitrogens is 2. The first kappa shape index (κ1) is 12.8. The summed E-state index contributed by atoms with van der Waals surface area (Å²) in [6.45, 7) is 2.99. The maximum atomic E-state index is 5.77. The molecule has 1 atom stereocenters. The lowest BCUT2D eigenvalue weighted by atomic mass is 10.1. The van der Waals surface area contributed by atoms with Crippen LogP contribution in [-0.4, -0.2) is 15.8 Å². The fourth-order valence-electron chi connectivity index (χ4n) is 2.10. The number of aryl methyl sites for hydroxylation is 2. The highest BCUT2D eigenvalue weighted by molar-refractivity contribution is 5.14. The summed E-state index contributed by atoms with van der Waals surface area (Å²) in [6, 6.07) is 10.8. The Bertz CT molecular complexity index is 460. The second-order valence-electron chi connectivity index (χ2n) is 4.88. The van der Waals surface area contributed by atoms with Gasteiger partial charge in [0.05, 0.1) is 6.20 Å². The summed E-state index contributed by atoms with van der Waals surface area (Å²) < 4.78 is 2.01. The highest BCUT2D eigenvalue weighted by atomic mass is 15.3. The molecular formula is C15H21N3. The minimum Gasteiger partial charge on any atom is -0.328 e. The predicted molar refractivity (Wildman–Crippen MR) is 74.3 cm³/mol. The van der Waals surface area contributed by atoms with E-state index in [4.69, 9.17) is 5.73 Å². The highest BCUT2D eigenvalue weighted by Crippen LogP contribution is 2.05. The Kier molecular flexibility index (Phi) is 4.53. The third-order valence-corrected chi connectivity index (χ3v) is 2.94. The van der Waals surface area contributed by atoms with Crippen molar-refractivity contribution >= 4 is 0 Å². The van der Waals surface area contributed by atoms with Crippen molar-refractivity contribution in [1.29, 1.82) is 0 Å². The van der Waals surface area contributed by atoms with E-state index in [0.29, 0.717) is 0 Å². The summed E-state index contributed by atoms with van der Waals surface area (Å²) in [6.07, 6.45) is 7.14. The molecule has 1 unspecified atom stereocenters. The summed E-state index contributed by atoms with van der Waals surface area (Å²) in [5, 5.41) is 4.36. The van der Waals surface area contributed by atoms with Gasteiger partial charge < -0.3 is 5.73 Å². The lowest BCUT2D eigenvalue weighted by Gasteiger charge is -2.02. The monoisotopic (exact) mass is 243 g/mol. The van der Waals surface area contributed by atoms with Gasteiger partial charge in [0, 0.05) is 18.8 Å². The summed E-state index contributed by atoms with van der Waals surface area (Å²) in [5.74, 6) is 0. The molecule has 0 saturated heterocycles. The van der Waals surface area contributed by atoms with Crippen molar-refractivity contribution in [3.05, 3.63) is 53.9 Å². The van der Waals surface area contributed by atoms with Gasteiger partial charge in [-0.2, -0.15) is 5.10 Å². The third-order valence-electron chi connectivity index (χ3n) is 2.94. The Labute approximate surface area is 109 Å². The zero-order valence-electron chi connectivity index (χ0n) is 10.9. The van der Waals surface area contributed by atoms with Crippen LogP contribution in [0.2, 0.25) is 0 Å². The summed E-state index contributed by atoms with van der Waals surface area (Å²) in [5.41, 5.74) is 8.39. The molecule has 0 amide bonds. The Morgan fingerprint density at radius 1 is 1.22 bits per heavy atom. The topological polar surface area (TPSA) is 43.8 Å². The summed E-state index contributed by atoms with van der Waals surface area (Å²) >= 11 is 0. The van der Waals surface area contributed by atoms with Gasteiger partial charge in [0.2, 0.25) is 0 Å². The Morgan fingerprint density at radius 3 is 2.72 bits per heavy atom. The normalized spacial score (nSPS) is 12.6. The molecule has 2 aromatic rings. The molecule has 0 aliphatic rings. The van der Waals surface area contributed by atoms with Crippen molar-refractivity contribution in [2.75, 3.05) is 0 Å². The van der Waals surface area contributed by atoms with Crippen molar-refractivity contribution in [2.45, 2.75) is 38.8 Å². The number of nitrogens with two attached hydrogens (primary N) is 1. The Balaban J connectivity index is 1.78. The van der Waals surface area contributed by atoms with Crippen molar-refractivity contribution in [1.82, 2.24) is 9.78 Å². The molecule has 1 heterocycles. The largest absolute Gasteiger partial charge is 0.328 e. The molecule has 0 spiro atoms. The molecule has 0 bridgehead atoms. The second kappa shape index (κ2) is 6.36. The van der Waals surface area contributed by atoms with Crippen LogP contribution in [0.4, 0.5) is 0 Å². The highest BCUT2D eigenvalue weighted by Gasteiger charge is 2.01. The molecule has 2 N–H and O–H groups in total. The minimum absolute atomic E-state index is 0.201. The molecule has 1 aromatic heterocycles. The molecule has 18 heavy (non-hydrogen) atoms. The van der Waals surface area contributed by atoms with Gasteiger partial charge in [-0.1, -0.05) is 30.3 Å². The maximum Gasteiger partial charge on any atom is 0.0522 e. The van der Waals surface area contributed by atoms with Crippen molar-refractivity contribution in [3.63, 3.8) is 0 Å². The van der Waals surface area contributed by atoms with Crippen LogP contribution in [0.25, 0.3) is 0 Å². The predicted octanol–water partition coefficient (Wildman–Crippen LogP) is 2.41. The van der Waals surface area contributed by atoms with Gasteiger partial charge in [-0.25, -0.2) is 0 Å². The summed E-state index contributed by atoms with van der Waals surface area (Å²) in [4.78, 5) is 0. The number of hydrogen-bond donors (Lipinski definition) is 1. The van der Waals surface area contributed by atoms with E-state index in [0.717, 1.165) is 25.8 Å². The number of nitrogens with zero attached hydrogens (tertiary/aromatic N) is 2.